The number of hydrogen-bond acceptors (Lipinski definition) is 4. The first-order valence-electron chi connectivity index (χ1n) is 8.07. The highest BCUT2D eigenvalue weighted by atomic mass is 16.5. The Balaban J connectivity index is 1.39. The minimum atomic E-state index is -0.459. The minimum absolute atomic E-state index is 0.0503. The fraction of sp³-hybridized carbons (Fsp3) is 0.316. The highest BCUT2D eigenvalue weighted by Crippen LogP contribution is 2.30. The van der Waals surface area contributed by atoms with Gasteiger partial charge < -0.3 is 19.5 Å². The third-order valence-electron chi connectivity index (χ3n) is 4.47. The van der Waals surface area contributed by atoms with Crippen molar-refractivity contribution < 1.29 is 19.0 Å². The van der Waals surface area contributed by atoms with Gasteiger partial charge in [-0.1, -0.05) is 24.3 Å². The Morgan fingerprint density at radius 2 is 1.96 bits per heavy atom. The maximum absolute atomic E-state index is 12.5. The first kappa shape index (κ1) is 14.9. The van der Waals surface area contributed by atoms with Crippen LogP contribution in [0.3, 0.4) is 0 Å². The number of hydrogen-bond donors (Lipinski definition) is 1. The van der Waals surface area contributed by atoms with Crippen molar-refractivity contribution in [2.75, 3.05) is 13.7 Å². The molecule has 2 aliphatic heterocycles. The van der Waals surface area contributed by atoms with Crippen LogP contribution in [0.4, 0.5) is 0 Å². The van der Waals surface area contributed by atoms with E-state index in [1.165, 1.54) is 0 Å². The molecule has 0 aromatic heterocycles. The van der Waals surface area contributed by atoms with Gasteiger partial charge in [-0.2, -0.15) is 0 Å². The zero-order valence-corrected chi connectivity index (χ0v) is 13.5. The summed E-state index contributed by atoms with van der Waals surface area (Å²) in [5.41, 5.74) is 2.15. The van der Waals surface area contributed by atoms with E-state index in [2.05, 4.69) is 5.32 Å². The summed E-state index contributed by atoms with van der Waals surface area (Å²) in [5.74, 6) is 2.31. The molecular formula is C19H19NO4. The largest absolute Gasteiger partial charge is 0.497 e. The number of para-hydroxylation sites is 1. The molecule has 24 heavy (non-hydrogen) atoms. The van der Waals surface area contributed by atoms with E-state index in [-0.39, 0.29) is 11.9 Å². The van der Waals surface area contributed by atoms with Gasteiger partial charge in [-0.25, -0.2) is 0 Å². The minimum Gasteiger partial charge on any atom is -0.497 e. The number of rotatable bonds is 3. The van der Waals surface area contributed by atoms with Gasteiger partial charge in [-0.3, -0.25) is 4.79 Å². The highest BCUT2D eigenvalue weighted by molar-refractivity contribution is 5.82. The summed E-state index contributed by atoms with van der Waals surface area (Å²) in [4.78, 5) is 12.5. The summed E-state index contributed by atoms with van der Waals surface area (Å²) >= 11 is 0. The molecule has 2 aliphatic rings. The maximum atomic E-state index is 12.5. The zero-order chi connectivity index (χ0) is 16.5. The fourth-order valence-corrected chi connectivity index (χ4v) is 3.19. The quantitative estimate of drug-likeness (QED) is 0.939. The van der Waals surface area contributed by atoms with Gasteiger partial charge in [0.2, 0.25) is 0 Å². The second-order valence-electron chi connectivity index (χ2n) is 6.11. The van der Waals surface area contributed by atoms with E-state index < -0.39 is 6.10 Å². The number of amides is 1. The molecule has 2 aromatic carbocycles. The van der Waals surface area contributed by atoms with Crippen LogP contribution in [-0.4, -0.2) is 31.8 Å². The summed E-state index contributed by atoms with van der Waals surface area (Å²) in [6.45, 7) is 0.450. The van der Waals surface area contributed by atoms with Crippen molar-refractivity contribution in [3.63, 3.8) is 0 Å². The predicted octanol–water partition coefficient (Wildman–Crippen LogP) is 2.12. The van der Waals surface area contributed by atoms with Gasteiger partial charge in [0.1, 0.15) is 23.9 Å². The molecule has 1 N–H and O–H groups in total. The number of benzene rings is 2. The van der Waals surface area contributed by atoms with Gasteiger partial charge in [-0.15, -0.1) is 0 Å². The van der Waals surface area contributed by atoms with Gasteiger partial charge in [0, 0.05) is 12.5 Å². The number of nitrogens with one attached hydrogen (secondary N) is 1. The summed E-state index contributed by atoms with van der Waals surface area (Å²) in [5, 5.41) is 3.04. The van der Waals surface area contributed by atoms with Crippen LogP contribution < -0.4 is 19.5 Å². The lowest BCUT2D eigenvalue weighted by Crippen LogP contribution is -2.48. The molecule has 0 radical (unpaired) electrons. The molecule has 0 spiro atoms. The lowest BCUT2D eigenvalue weighted by Gasteiger charge is -2.27. The lowest BCUT2D eigenvalue weighted by molar-refractivity contribution is -0.128. The van der Waals surface area contributed by atoms with Crippen molar-refractivity contribution >= 4 is 5.91 Å². The molecule has 124 valence electrons. The van der Waals surface area contributed by atoms with E-state index in [9.17, 15) is 4.79 Å². The number of ether oxygens (including phenoxy) is 3. The van der Waals surface area contributed by atoms with Crippen molar-refractivity contribution in [3.8, 4) is 17.2 Å². The molecule has 0 fully saturated rings. The van der Waals surface area contributed by atoms with Crippen molar-refractivity contribution in [3.05, 3.63) is 53.6 Å². The molecule has 2 heterocycles. The molecule has 2 unspecified atom stereocenters. The predicted molar refractivity (Wildman–Crippen MR) is 88.7 cm³/mol. The average Bonchev–Trinajstić information content (AvgIpc) is 3.05. The molecule has 0 saturated carbocycles. The number of fused-ring (bicyclic) bond motifs is 2. The van der Waals surface area contributed by atoms with Gasteiger partial charge in [-0.05, 0) is 29.7 Å². The standard InChI is InChI=1S/C19H19NO4/c1-22-15-7-6-13-8-14(11-23-17(13)10-15)20-19(21)18-9-12-4-2-3-5-16(12)24-18/h2-7,10,14,18H,8-9,11H2,1H3,(H,20,21). The van der Waals surface area contributed by atoms with Crippen LogP contribution in [-0.2, 0) is 17.6 Å². The second kappa shape index (κ2) is 6.07. The Morgan fingerprint density at radius 3 is 2.79 bits per heavy atom. The van der Waals surface area contributed by atoms with E-state index in [1.54, 1.807) is 7.11 Å². The summed E-state index contributed by atoms with van der Waals surface area (Å²) in [6.07, 6.45) is 0.897. The molecule has 0 bridgehead atoms. The lowest BCUT2D eigenvalue weighted by atomic mass is 10.0. The molecule has 1 amide bonds. The Labute approximate surface area is 140 Å². The van der Waals surface area contributed by atoms with E-state index in [4.69, 9.17) is 14.2 Å². The van der Waals surface area contributed by atoms with E-state index in [0.717, 1.165) is 34.8 Å². The molecule has 5 heteroatoms. The first-order valence-corrected chi connectivity index (χ1v) is 8.07. The molecule has 0 aliphatic carbocycles. The second-order valence-corrected chi connectivity index (χ2v) is 6.11. The Bertz CT molecular complexity index is 749. The SMILES string of the molecule is COc1ccc2c(c1)OCC(NC(=O)C1Cc3ccccc3O1)C2. The van der Waals surface area contributed by atoms with Crippen LogP contribution in [0.15, 0.2) is 42.5 Å². The van der Waals surface area contributed by atoms with Crippen molar-refractivity contribution in [2.45, 2.75) is 25.0 Å². The number of carbonyl (C=O) groups excluding carboxylic acids is 1. The van der Waals surface area contributed by atoms with Crippen molar-refractivity contribution in [2.24, 2.45) is 0 Å². The van der Waals surface area contributed by atoms with E-state index in [0.29, 0.717) is 13.0 Å². The molecule has 2 atom stereocenters. The fourth-order valence-electron chi connectivity index (χ4n) is 3.19. The molecule has 5 nitrogen and oxygen atoms in total. The van der Waals surface area contributed by atoms with Crippen LogP contribution >= 0.6 is 0 Å². The van der Waals surface area contributed by atoms with Gasteiger partial charge in [0.15, 0.2) is 6.10 Å². The highest BCUT2D eigenvalue weighted by Gasteiger charge is 2.31. The average molecular weight is 325 g/mol. The topological polar surface area (TPSA) is 56.8 Å². The molecule has 4 rings (SSSR count). The van der Waals surface area contributed by atoms with Crippen LogP contribution in [0.2, 0.25) is 0 Å². The van der Waals surface area contributed by atoms with E-state index >= 15 is 0 Å². The van der Waals surface area contributed by atoms with Gasteiger partial charge in [0.25, 0.3) is 5.91 Å². The molecule has 0 saturated heterocycles. The van der Waals surface area contributed by atoms with Gasteiger partial charge >= 0.3 is 0 Å². The molecular weight excluding hydrogens is 306 g/mol. The smallest absolute Gasteiger partial charge is 0.261 e. The van der Waals surface area contributed by atoms with Crippen molar-refractivity contribution in [1.29, 1.82) is 0 Å². The summed E-state index contributed by atoms with van der Waals surface area (Å²) in [6, 6.07) is 13.5. The monoisotopic (exact) mass is 325 g/mol. The Morgan fingerprint density at radius 1 is 1.12 bits per heavy atom. The number of carbonyl (C=O) groups is 1. The summed E-state index contributed by atoms with van der Waals surface area (Å²) < 4.78 is 16.7. The third kappa shape index (κ3) is 2.77. The van der Waals surface area contributed by atoms with Gasteiger partial charge in [0.05, 0.1) is 13.2 Å². The number of methoxy groups -OCH3 is 1. The van der Waals surface area contributed by atoms with Crippen LogP contribution in [0.1, 0.15) is 11.1 Å². The summed E-state index contributed by atoms with van der Waals surface area (Å²) in [7, 11) is 1.63. The third-order valence-corrected chi connectivity index (χ3v) is 4.47. The van der Waals surface area contributed by atoms with E-state index in [1.807, 2.05) is 42.5 Å². The first-order chi connectivity index (χ1) is 11.7. The van der Waals surface area contributed by atoms with Crippen LogP contribution in [0.5, 0.6) is 17.2 Å². The van der Waals surface area contributed by atoms with Crippen LogP contribution in [0, 0.1) is 0 Å². The normalized spacial score (nSPS) is 21.0. The van der Waals surface area contributed by atoms with Crippen molar-refractivity contribution in [1.82, 2.24) is 5.32 Å². The Kier molecular flexibility index (Phi) is 3.76. The van der Waals surface area contributed by atoms with Crippen LogP contribution in [0.25, 0.3) is 0 Å². The molecule has 2 aromatic rings. The zero-order valence-electron chi connectivity index (χ0n) is 13.5. The maximum Gasteiger partial charge on any atom is 0.261 e. The Hall–Kier alpha value is -2.69.